The van der Waals surface area contributed by atoms with Crippen molar-refractivity contribution >= 4 is 40.9 Å². The molecule has 344 valence electrons. The van der Waals surface area contributed by atoms with E-state index in [0.717, 1.165) is 17.2 Å². The van der Waals surface area contributed by atoms with Crippen molar-refractivity contribution < 1.29 is 57.2 Å². The molecule has 4 fully saturated rings. The molecule has 6 aliphatic rings. The van der Waals surface area contributed by atoms with E-state index in [4.69, 9.17) is 9.47 Å². The van der Waals surface area contributed by atoms with E-state index < -0.39 is 107 Å². The lowest BCUT2D eigenvalue weighted by atomic mass is 9.44. The normalized spacial score (nSPS) is 34.2. The number of benzene rings is 2. The Morgan fingerprint density at radius 3 is 2.23 bits per heavy atom. The number of carbonyl (C=O) groups is 6. The van der Waals surface area contributed by atoms with E-state index >= 15 is 8.78 Å². The SMILES string of the molecule is C=C1C=CC(=O)N1CCC(=O)N[C@@H](C)C(=O)N[C@@H](C)C(=O)Nc1ccc(Cc2ccc([C@@H]3O[C@@H]4C[C@H]5[C@@H]6C[C@H](F)C7=CC(=O)C=C[C@]7(C)[C@@]6(F)[C@@H](O)C[C@]5(C)[C@]4(C(=O)CO)O3)cc2)cc1. The van der Waals surface area contributed by atoms with E-state index in [2.05, 4.69) is 22.5 Å². The monoisotopic (exact) mass is 896 g/mol. The molecule has 2 aromatic rings. The molecule has 0 bridgehead atoms. The molecule has 4 aliphatic carbocycles. The molecule has 14 nitrogen and oxygen atoms in total. The van der Waals surface area contributed by atoms with Crippen molar-refractivity contribution in [2.45, 2.75) is 108 Å². The molecular weight excluding hydrogens is 843 g/mol. The van der Waals surface area contributed by atoms with Gasteiger partial charge in [-0.2, -0.15) is 0 Å². The Balaban J connectivity index is 0.866. The van der Waals surface area contributed by atoms with Crippen LogP contribution in [-0.2, 0) is 44.7 Å². The number of amides is 4. The summed E-state index contributed by atoms with van der Waals surface area (Å²) < 4.78 is 46.7. The van der Waals surface area contributed by atoms with Crippen molar-refractivity contribution in [1.29, 1.82) is 0 Å². The number of allylic oxidation sites excluding steroid dienone is 5. The summed E-state index contributed by atoms with van der Waals surface area (Å²) in [4.78, 5) is 77.4. The molecular formula is C49H54F2N4O10. The summed E-state index contributed by atoms with van der Waals surface area (Å²) in [7, 11) is 0. The highest BCUT2D eigenvalue weighted by Crippen LogP contribution is 2.72. The van der Waals surface area contributed by atoms with Gasteiger partial charge >= 0.3 is 0 Å². The number of Topliss-reactive ketones (excluding diaryl/α,β-unsaturated/α-hetero) is 1. The van der Waals surface area contributed by atoms with E-state index in [9.17, 15) is 39.0 Å². The Morgan fingerprint density at radius 2 is 1.58 bits per heavy atom. The number of anilines is 1. The summed E-state index contributed by atoms with van der Waals surface area (Å²) in [6.07, 6.45) is 1.51. The average Bonchev–Trinajstić information content (AvgIpc) is 3.90. The third-order valence-corrected chi connectivity index (χ3v) is 14.9. The van der Waals surface area contributed by atoms with Crippen LogP contribution in [0.2, 0.25) is 0 Å². The summed E-state index contributed by atoms with van der Waals surface area (Å²) in [5.74, 6) is -4.53. The Morgan fingerprint density at radius 1 is 0.923 bits per heavy atom. The molecule has 5 N–H and O–H groups in total. The molecule has 0 aromatic heterocycles. The maximum atomic E-state index is 17.7. The number of carbonyl (C=O) groups excluding carboxylic acids is 6. The van der Waals surface area contributed by atoms with Gasteiger partial charge in [-0.15, -0.1) is 0 Å². The van der Waals surface area contributed by atoms with Crippen molar-refractivity contribution in [1.82, 2.24) is 15.5 Å². The highest BCUT2D eigenvalue weighted by molar-refractivity contribution is 6.01. The molecule has 12 atom stereocenters. The predicted octanol–water partition coefficient (Wildman–Crippen LogP) is 4.17. The molecule has 2 aromatic carbocycles. The summed E-state index contributed by atoms with van der Waals surface area (Å²) in [6.45, 7) is 9.26. The molecule has 0 unspecified atom stereocenters. The largest absolute Gasteiger partial charge is 0.390 e. The van der Waals surface area contributed by atoms with Gasteiger partial charge in [0.1, 0.15) is 24.9 Å². The second-order valence-electron chi connectivity index (χ2n) is 18.7. The summed E-state index contributed by atoms with van der Waals surface area (Å²) >= 11 is 0. The van der Waals surface area contributed by atoms with Gasteiger partial charge in [0.05, 0.1) is 12.2 Å². The van der Waals surface area contributed by atoms with Gasteiger partial charge in [0.25, 0.3) is 5.91 Å². The fourth-order valence-corrected chi connectivity index (χ4v) is 11.4. The first kappa shape index (κ1) is 45.9. The number of nitrogens with zero attached hydrogens (tertiary/aromatic N) is 1. The van der Waals surface area contributed by atoms with E-state index in [0.29, 0.717) is 23.4 Å². The number of hydrogen-bond donors (Lipinski definition) is 5. The number of aliphatic hydroxyl groups is 2. The van der Waals surface area contributed by atoms with Crippen LogP contribution in [0, 0.1) is 22.7 Å². The Hall–Kier alpha value is -5.68. The topological polar surface area (TPSA) is 201 Å². The van der Waals surface area contributed by atoms with Crippen molar-refractivity contribution in [3.8, 4) is 0 Å². The average molecular weight is 897 g/mol. The van der Waals surface area contributed by atoms with Crippen LogP contribution in [0.4, 0.5) is 14.5 Å². The zero-order valence-corrected chi connectivity index (χ0v) is 36.6. The molecule has 2 aliphatic heterocycles. The number of halogens is 2. The first-order valence-corrected chi connectivity index (χ1v) is 22.0. The highest BCUT2D eigenvalue weighted by Gasteiger charge is 2.80. The third kappa shape index (κ3) is 7.57. The van der Waals surface area contributed by atoms with Gasteiger partial charge in [0, 0.05) is 52.7 Å². The van der Waals surface area contributed by atoms with Gasteiger partial charge in [0.15, 0.2) is 29.1 Å². The van der Waals surface area contributed by atoms with Crippen LogP contribution in [0.5, 0.6) is 0 Å². The van der Waals surface area contributed by atoms with Crippen LogP contribution in [0.1, 0.15) is 76.4 Å². The lowest BCUT2D eigenvalue weighted by molar-refractivity contribution is -0.235. The molecule has 0 radical (unpaired) electrons. The molecule has 3 saturated carbocycles. The van der Waals surface area contributed by atoms with Gasteiger partial charge in [-0.1, -0.05) is 56.0 Å². The van der Waals surface area contributed by atoms with Gasteiger partial charge in [-0.25, -0.2) is 8.78 Å². The minimum absolute atomic E-state index is 0.00491. The van der Waals surface area contributed by atoms with Crippen LogP contribution in [-0.4, -0.2) is 105 Å². The second-order valence-corrected chi connectivity index (χ2v) is 18.7. The zero-order valence-electron chi connectivity index (χ0n) is 36.6. The summed E-state index contributed by atoms with van der Waals surface area (Å²) in [5, 5.41) is 30.0. The van der Waals surface area contributed by atoms with E-state index in [1.54, 1.807) is 25.1 Å². The van der Waals surface area contributed by atoms with Crippen molar-refractivity contribution in [3.63, 3.8) is 0 Å². The first-order chi connectivity index (χ1) is 30.7. The van der Waals surface area contributed by atoms with Crippen molar-refractivity contribution in [2.24, 2.45) is 22.7 Å². The molecule has 65 heavy (non-hydrogen) atoms. The Bertz CT molecular complexity index is 2400. The molecule has 8 rings (SSSR count). The fraction of sp³-hybridized carbons (Fsp3) is 0.469. The zero-order chi connectivity index (χ0) is 46.8. The number of fused-ring (bicyclic) bond motifs is 7. The molecule has 1 saturated heterocycles. The number of ether oxygens (including phenoxy) is 2. The molecule has 2 heterocycles. The van der Waals surface area contributed by atoms with Crippen LogP contribution in [0.25, 0.3) is 0 Å². The van der Waals surface area contributed by atoms with Crippen LogP contribution in [0.3, 0.4) is 0 Å². The maximum Gasteiger partial charge on any atom is 0.251 e. The minimum Gasteiger partial charge on any atom is -0.390 e. The van der Waals surface area contributed by atoms with Crippen LogP contribution >= 0.6 is 0 Å². The standard InChI is InChI=1S/C49H54F2N4O10/c1-26-6-15-42(61)55(26)19-17-41(60)52-27(2)43(62)53-28(3)44(63)54-32-13-9-30(10-14-32)20-29-7-11-31(12-8-29)45-64-40-23-34-35-22-37(50)36-21-33(57)16-18-46(36,4)48(35,51)38(58)24-47(34,5)49(40,65-45)39(59)25-56/h6-16,18,21,27-28,34-35,37-38,40,45,56,58H,1,17,19-20,22-25H2,2-5H3,(H,52,60)(H,53,62)(H,54,63)/t27-,28-,34-,35-,37-,38-,40+,45+,46-,47-,48-,49+/m0/s1. The number of rotatable bonds is 13. The number of aliphatic hydroxyl groups excluding tert-OH is 2. The van der Waals surface area contributed by atoms with Crippen molar-refractivity contribution in [2.75, 3.05) is 18.5 Å². The Labute approximate surface area is 375 Å². The lowest BCUT2D eigenvalue weighted by Gasteiger charge is -2.63. The predicted molar refractivity (Wildman–Crippen MR) is 232 cm³/mol. The number of nitrogens with one attached hydrogen (secondary N) is 3. The van der Waals surface area contributed by atoms with E-state index in [1.807, 2.05) is 36.4 Å². The number of alkyl halides is 2. The van der Waals surface area contributed by atoms with Crippen LogP contribution < -0.4 is 16.0 Å². The van der Waals surface area contributed by atoms with Gasteiger partial charge in [-0.3, -0.25) is 28.8 Å². The Kier molecular flexibility index (Phi) is 12.0. The maximum absolute atomic E-state index is 17.7. The quantitative estimate of drug-likeness (QED) is 0.195. The molecule has 4 amide bonds. The first-order valence-electron chi connectivity index (χ1n) is 22.0. The second kappa shape index (κ2) is 17.0. The number of hydrogen-bond acceptors (Lipinski definition) is 10. The van der Waals surface area contributed by atoms with Gasteiger partial charge < -0.3 is 40.5 Å². The number of ketones is 2. The lowest BCUT2D eigenvalue weighted by Crippen LogP contribution is -2.70. The fourth-order valence-electron chi connectivity index (χ4n) is 11.4. The molecule has 16 heteroatoms. The third-order valence-electron chi connectivity index (χ3n) is 14.9. The summed E-state index contributed by atoms with van der Waals surface area (Å²) in [5.41, 5.74) is -3.47. The summed E-state index contributed by atoms with van der Waals surface area (Å²) in [6, 6.07) is 12.7. The minimum atomic E-state index is -2.34. The van der Waals surface area contributed by atoms with Gasteiger partial charge in [-0.05, 0) is 99.4 Å². The highest BCUT2D eigenvalue weighted by atomic mass is 19.1. The van der Waals surface area contributed by atoms with Crippen molar-refractivity contribution in [3.05, 3.63) is 113 Å². The molecule has 0 spiro atoms. The smallest absolute Gasteiger partial charge is 0.251 e. The van der Waals surface area contributed by atoms with Crippen LogP contribution in [0.15, 0.2) is 96.8 Å². The van der Waals surface area contributed by atoms with E-state index in [1.165, 1.54) is 43.9 Å². The van der Waals surface area contributed by atoms with Gasteiger partial charge in [0.2, 0.25) is 17.7 Å². The van der Waals surface area contributed by atoms with E-state index in [-0.39, 0.29) is 43.7 Å².